The highest BCUT2D eigenvalue weighted by molar-refractivity contribution is 7.92. The van der Waals surface area contributed by atoms with Crippen molar-refractivity contribution in [3.8, 4) is 17.0 Å². The fourth-order valence-corrected chi connectivity index (χ4v) is 4.52. The molecule has 0 radical (unpaired) electrons. The van der Waals surface area contributed by atoms with Gasteiger partial charge in [-0.05, 0) is 18.2 Å². The summed E-state index contributed by atoms with van der Waals surface area (Å²) in [5.74, 6) is -0.261. The fraction of sp³-hybridized carbons (Fsp3) is 0.0952. The van der Waals surface area contributed by atoms with Gasteiger partial charge in [0.15, 0.2) is 10.7 Å². The summed E-state index contributed by atoms with van der Waals surface area (Å²) in [5.41, 5.74) is 1.09. The monoisotopic (exact) mass is 473 g/mol. The van der Waals surface area contributed by atoms with Gasteiger partial charge in [-0.25, -0.2) is 22.8 Å². The van der Waals surface area contributed by atoms with E-state index in [-0.39, 0.29) is 27.0 Å². The molecule has 4 aromatic rings. The number of ether oxygens (including phenoxy) is 1. The van der Waals surface area contributed by atoms with Crippen LogP contribution in [0, 0.1) is 5.82 Å². The van der Waals surface area contributed by atoms with Gasteiger partial charge in [-0.2, -0.15) is 0 Å². The third kappa shape index (κ3) is 4.14. The molecular weight excluding hydrogens is 457 g/mol. The first-order valence-corrected chi connectivity index (χ1v) is 11.1. The van der Waals surface area contributed by atoms with Crippen molar-refractivity contribution in [1.29, 1.82) is 0 Å². The van der Waals surface area contributed by atoms with Crippen molar-refractivity contribution < 1.29 is 17.5 Å². The number of hydrogen-bond acceptors (Lipinski definition) is 7. The number of rotatable bonds is 6. The van der Waals surface area contributed by atoms with E-state index >= 15 is 4.39 Å². The first kappa shape index (κ1) is 21.7. The summed E-state index contributed by atoms with van der Waals surface area (Å²) in [6.07, 6.45) is 4.39. The lowest BCUT2D eigenvalue weighted by Crippen LogP contribution is -2.16. The SMILES string of the molecule is CNc1cc2ncc(-c3cccc(NS(=O)(=O)c4cc(Cl)cnc4OC)c3F)cc2cn1. The molecule has 11 heteroatoms. The number of anilines is 2. The molecule has 0 amide bonds. The van der Waals surface area contributed by atoms with E-state index in [2.05, 4.69) is 25.0 Å². The molecule has 3 heterocycles. The summed E-state index contributed by atoms with van der Waals surface area (Å²) in [4.78, 5) is 12.1. The first-order chi connectivity index (χ1) is 15.3. The highest BCUT2D eigenvalue weighted by Gasteiger charge is 2.23. The molecule has 4 rings (SSSR count). The van der Waals surface area contributed by atoms with Crippen LogP contribution in [0.2, 0.25) is 5.02 Å². The number of aromatic nitrogens is 3. The van der Waals surface area contributed by atoms with E-state index in [1.165, 1.54) is 43.8 Å². The summed E-state index contributed by atoms with van der Waals surface area (Å²) < 4.78 is 48.4. The van der Waals surface area contributed by atoms with Crippen molar-refractivity contribution >= 4 is 44.0 Å². The minimum atomic E-state index is -4.24. The van der Waals surface area contributed by atoms with E-state index in [1.807, 2.05) is 0 Å². The number of nitrogens with one attached hydrogen (secondary N) is 2. The Bertz CT molecular complexity index is 1430. The van der Waals surface area contributed by atoms with Crippen LogP contribution in [0.15, 0.2) is 59.9 Å². The van der Waals surface area contributed by atoms with Crippen LogP contribution in [0.4, 0.5) is 15.9 Å². The molecular formula is C21H17ClFN5O3S. The van der Waals surface area contributed by atoms with Crippen LogP contribution in [0.3, 0.4) is 0 Å². The highest BCUT2D eigenvalue weighted by Crippen LogP contribution is 2.32. The van der Waals surface area contributed by atoms with E-state index in [0.29, 0.717) is 22.3 Å². The van der Waals surface area contributed by atoms with Gasteiger partial charge in [0.2, 0.25) is 5.88 Å². The topological polar surface area (TPSA) is 106 Å². The minimum Gasteiger partial charge on any atom is -0.480 e. The quantitative estimate of drug-likeness (QED) is 0.429. The molecule has 0 atom stereocenters. The van der Waals surface area contributed by atoms with Crippen LogP contribution in [0.25, 0.3) is 22.0 Å². The summed E-state index contributed by atoms with van der Waals surface area (Å²) >= 11 is 5.89. The zero-order valence-corrected chi connectivity index (χ0v) is 18.5. The van der Waals surface area contributed by atoms with Gasteiger partial charge in [0.1, 0.15) is 5.82 Å². The Morgan fingerprint density at radius 1 is 1.06 bits per heavy atom. The van der Waals surface area contributed by atoms with Gasteiger partial charge < -0.3 is 10.1 Å². The van der Waals surface area contributed by atoms with Gasteiger partial charge in [-0.3, -0.25) is 9.71 Å². The molecule has 3 aromatic heterocycles. The van der Waals surface area contributed by atoms with Crippen molar-refractivity contribution in [3.05, 3.63) is 65.8 Å². The summed E-state index contributed by atoms with van der Waals surface area (Å²) in [6, 6.07) is 9.07. The fourth-order valence-electron chi connectivity index (χ4n) is 3.09. The number of benzene rings is 1. The summed E-state index contributed by atoms with van der Waals surface area (Å²) in [6.45, 7) is 0. The predicted molar refractivity (Wildman–Crippen MR) is 121 cm³/mol. The number of fused-ring (bicyclic) bond motifs is 1. The van der Waals surface area contributed by atoms with Gasteiger partial charge >= 0.3 is 0 Å². The lowest BCUT2D eigenvalue weighted by atomic mass is 10.0. The zero-order chi connectivity index (χ0) is 22.9. The van der Waals surface area contributed by atoms with E-state index in [1.54, 1.807) is 25.4 Å². The summed E-state index contributed by atoms with van der Waals surface area (Å²) in [7, 11) is -1.21. The van der Waals surface area contributed by atoms with Crippen LogP contribution >= 0.6 is 11.6 Å². The number of pyridine rings is 3. The Labute approximate surface area is 188 Å². The normalized spacial score (nSPS) is 11.4. The first-order valence-electron chi connectivity index (χ1n) is 9.27. The zero-order valence-electron chi connectivity index (χ0n) is 16.9. The molecule has 0 unspecified atom stereocenters. The average Bonchev–Trinajstić information content (AvgIpc) is 2.79. The summed E-state index contributed by atoms with van der Waals surface area (Å²) in [5, 5.41) is 3.74. The lowest BCUT2D eigenvalue weighted by Gasteiger charge is -2.13. The maximum atomic E-state index is 15.3. The third-order valence-corrected chi connectivity index (χ3v) is 6.21. The molecule has 0 aliphatic carbocycles. The lowest BCUT2D eigenvalue weighted by molar-refractivity contribution is 0.385. The number of hydrogen-bond donors (Lipinski definition) is 2. The maximum Gasteiger partial charge on any atom is 0.267 e. The van der Waals surface area contributed by atoms with Crippen molar-refractivity contribution in [2.24, 2.45) is 0 Å². The molecule has 0 spiro atoms. The molecule has 0 aliphatic heterocycles. The Hall–Kier alpha value is -3.50. The minimum absolute atomic E-state index is 0.0951. The van der Waals surface area contributed by atoms with E-state index in [4.69, 9.17) is 16.3 Å². The van der Waals surface area contributed by atoms with Gasteiger partial charge in [-0.15, -0.1) is 0 Å². The van der Waals surface area contributed by atoms with Crippen molar-refractivity contribution in [2.75, 3.05) is 24.2 Å². The molecule has 2 N–H and O–H groups in total. The van der Waals surface area contributed by atoms with E-state index < -0.39 is 15.8 Å². The molecule has 8 nitrogen and oxygen atoms in total. The number of nitrogens with zero attached hydrogens (tertiary/aromatic N) is 3. The van der Waals surface area contributed by atoms with Gasteiger partial charge in [0, 0.05) is 48.2 Å². The largest absolute Gasteiger partial charge is 0.480 e. The molecule has 1 aromatic carbocycles. The van der Waals surface area contributed by atoms with Gasteiger partial charge in [-0.1, -0.05) is 23.7 Å². The second-order valence-electron chi connectivity index (χ2n) is 6.67. The number of sulfonamides is 1. The van der Waals surface area contributed by atoms with Gasteiger partial charge in [0.05, 0.1) is 23.3 Å². The smallest absolute Gasteiger partial charge is 0.267 e. The molecule has 32 heavy (non-hydrogen) atoms. The Balaban J connectivity index is 1.73. The average molecular weight is 474 g/mol. The van der Waals surface area contributed by atoms with Crippen molar-refractivity contribution in [3.63, 3.8) is 0 Å². The number of halogens is 2. The Kier molecular flexibility index (Phi) is 5.81. The van der Waals surface area contributed by atoms with Crippen LogP contribution in [-0.2, 0) is 10.0 Å². The van der Waals surface area contributed by atoms with Crippen molar-refractivity contribution in [1.82, 2.24) is 15.0 Å². The van der Waals surface area contributed by atoms with E-state index in [9.17, 15) is 8.42 Å². The van der Waals surface area contributed by atoms with Crippen molar-refractivity contribution in [2.45, 2.75) is 4.90 Å². The Morgan fingerprint density at radius 3 is 2.62 bits per heavy atom. The molecule has 0 aliphatic rings. The number of methoxy groups -OCH3 is 1. The second kappa shape index (κ2) is 8.56. The van der Waals surface area contributed by atoms with Crippen LogP contribution in [0.5, 0.6) is 5.88 Å². The molecule has 0 fully saturated rings. The molecule has 164 valence electrons. The predicted octanol–water partition coefficient (Wildman–Crippen LogP) is 4.34. The van der Waals surface area contributed by atoms with Crippen LogP contribution in [0.1, 0.15) is 0 Å². The highest BCUT2D eigenvalue weighted by atomic mass is 35.5. The van der Waals surface area contributed by atoms with Crippen LogP contribution < -0.4 is 14.8 Å². The Morgan fingerprint density at radius 2 is 1.88 bits per heavy atom. The standard InChI is InChI=1S/C21H17ClFN5O3S/c1-24-19-8-17-13(10-26-19)6-12(9-25-17)15-4-3-5-16(20(15)23)28-32(29,30)18-7-14(22)11-27-21(18)31-2/h3-11,28H,1-2H3,(H,24,26). The van der Waals surface area contributed by atoms with Gasteiger partial charge in [0.25, 0.3) is 10.0 Å². The molecule has 0 saturated heterocycles. The van der Waals surface area contributed by atoms with Crippen LogP contribution in [-0.4, -0.2) is 37.5 Å². The van der Waals surface area contributed by atoms with E-state index in [0.717, 1.165) is 0 Å². The third-order valence-electron chi connectivity index (χ3n) is 4.64. The maximum absolute atomic E-state index is 15.3. The molecule has 0 bridgehead atoms. The molecule has 0 saturated carbocycles. The second-order valence-corrected chi connectivity index (χ2v) is 8.76.